The average Bonchev–Trinajstić information content (AvgIpc) is 2.62. The molecule has 0 radical (unpaired) electrons. The van der Waals surface area contributed by atoms with Gasteiger partial charge in [0.15, 0.2) is 0 Å². The topological polar surface area (TPSA) is 9.23 Å². The first-order valence-corrected chi connectivity index (χ1v) is 10.3. The molecule has 0 aliphatic heterocycles. The van der Waals surface area contributed by atoms with Crippen molar-refractivity contribution in [1.82, 2.24) is 0 Å². The number of ether oxygens (including phenoxy) is 1. The van der Waals surface area contributed by atoms with E-state index in [1.807, 2.05) is 0 Å². The van der Waals surface area contributed by atoms with Gasteiger partial charge in [-0.25, -0.2) is 0 Å². The number of aryl methyl sites for hydroxylation is 1. The molecule has 1 aromatic carbocycles. The molecule has 0 aromatic heterocycles. The highest BCUT2D eigenvalue weighted by atomic mass is 16.5. The Labute approximate surface area is 150 Å². The lowest BCUT2D eigenvalue weighted by Gasteiger charge is -2.29. The fraction of sp³-hybridized carbons (Fsp3) is 0.739. The Balaban J connectivity index is 1.58. The highest BCUT2D eigenvalue weighted by Gasteiger charge is 2.20. The molecule has 1 fully saturated rings. The molecule has 24 heavy (non-hydrogen) atoms. The van der Waals surface area contributed by atoms with Gasteiger partial charge in [0.25, 0.3) is 0 Å². The maximum atomic E-state index is 5.24. The van der Waals surface area contributed by atoms with Crippen LogP contribution in [0, 0.1) is 17.8 Å². The van der Waals surface area contributed by atoms with Crippen molar-refractivity contribution in [2.24, 2.45) is 17.8 Å². The van der Waals surface area contributed by atoms with Crippen molar-refractivity contribution < 1.29 is 4.74 Å². The summed E-state index contributed by atoms with van der Waals surface area (Å²) in [7, 11) is 1.73. The zero-order valence-electron chi connectivity index (χ0n) is 16.2. The number of hydrogen-bond donors (Lipinski definition) is 0. The molecule has 1 heteroatoms. The van der Waals surface area contributed by atoms with E-state index < -0.39 is 0 Å². The SMILES string of the molecule is CCCC(C)CCCC1CCC(CCc2ccc(OC)cc2)CC1. The predicted octanol–water partition coefficient (Wildman–Crippen LogP) is 7.04. The zero-order valence-corrected chi connectivity index (χ0v) is 16.2. The van der Waals surface area contributed by atoms with Gasteiger partial charge in [-0.3, -0.25) is 0 Å². The molecule has 1 nitrogen and oxygen atoms in total. The van der Waals surface area contributed by atoms with E-state index in [1.54, 1.807) is 7.11 Å². The van der Waals surface area contributed by atoms with Crippen molar-refractivity contribution >= 4 is 0 Å². The molecule has 1 saturated carbocycles. The Morgan fingerprint density at radius 2 is 1.58 bits per heavy atom. The monoisotopic (exact) mass is 330 g/mol. The van der Waals surface area contributed by atoms with Crippen LogP contribution in [0.2, 0.25) is 0 Å². The summed E-state index contributed by atoms with van der Waals surface area (Å²) in [6, 6.07) is 8.63. The summed E-state index contributed by atoms with van der Waals surface area (Å²) in [5, 5.41) is 0. The Morgan fingerprint density at radius 3 is 2.17 bits per heavy atom. The lowest BCUT2D eigenvalue weighted by molar-refractivity contribution is 0.245. The van der Waals surface area contributed by atoms with Crippen LogP contribution < -0.4 is 4.74 Å². The summed E-state index contributed by atoms with van der Waals surface area (Å²) < 4.78 is 5.24. The predicted molar refractivity (Wildman–Crippen MR) is 105 cm³/mol. The van der Waals surface area contributed by atoms with Gasteiger partial charge in [-0.1, -0.05) is 83.8 Å². The molecule has 0 N–H and O–H groups in total. The normalized spacial score (nSPS) is 22.3. The lowest BCUT2D eigenvalue weighted by Crippen LogP contribution is -2.15. The van der Waals surface area contributed by atoms with Crippen LogP contribution in [0.25, 0.3) is 0 Å². The Bertz CT molecular complexity index is 428. The van der Waals surface area contributed by atoms with Crippen molar-refractivity contribution in [2.75, 3.05) is 7.11 Å². The highest BCUT2D eigenvalue weighted by Crippen LogP contribution is 2.34. The molecule has 0 heterocycles. The fourth-order valence-electron chi connectivity index (χ4n) is 4.36. The summed E-state index contributed by atoms with van der Waals surface area (Å²) in [6.45, 7) is 4.74. The van der Waals surface area contributed by atoms with Crippen LogP contribution in [-0.2, 0) is 6.42 Å². The maximum Gasteiger partial charge on any atom is 0.118 e. The summed E-state index contributed by atoms with van der Waals surface area (Å²) in [6.07, 6.45) is 15.6. The largest absolute Gasteiger partial charge is 0.497 e. The number of rotatable bonds is 10. The molecule has 136 valence electrons. The molecule has 0 spiro atoms. The Kier molecular flexibility index (Phi) is 8.70. The number of methoxy groups -OCH3 is 1. The van der Waals surface area contributed by atoms with Gasteiger partial charge in [0.1, 0.15) is 5.75 Å². The van der Waals surface area contributed by atoms with Crippen LogP contribution >= 0.6 is 0 Å². The first-order valence-electron chi connectivity index (χ1n) is 10.3. The third kappa shape index (κ3) is 6.87. The summed E-state index contributed by atoms with van der Waals surface area (Å²) >= 11 is 0. The smallest absolute Gasteiger partial charge is 0.118 e. The molecule has 0 bridgehead atoms. The molecule has 1 atom stereocenters. The van der Waals surface area contributed by atoms with Crippen molar-refractivity contribution in [2.45, 2.75) is 84.5 Å². The van der Waals surface area contributed by atoms with Gasteiger partial charge in [-0.15, -0.1) is 0 Å². The van der Waals surface area contributed by atoms with E-state index in [2.05, 4.69) is 38.1 Å². The minimum atomic E-state index is 0.941. The molecule has 1 unspecified atom stereocenters. The third-order valence-corrected chi connectivity index (χ3v) is 6.06. The molecule has 2 rings (SSSR count). The van der Waals surface area contributed by atoms with Gasteiger partial charge in [-0.05, 0) is 48.3 Å². The van der Waals surface area contributed by atoms with Crippen LogP contribution in [-0.4, -0.2) is 7.11 Å². The van der Waals surface area contributed by atoms with E-state index in [-0.39, 0.29) is 0 Å². The van der Waals surface area contributed by atoms with E-state index in [4.69, 9.17) is 4.74 Å². The van der Waals surface area contributed by atoms with Gasteiger partial charge < -0.3 is 4.74 Å². The van der Waals surface area contributed by atoms with Gasteiger partial charge in [0, 0.05) is 0 Å². The van der Waals surface area contributed by atoms with E-state index in [0.717, 1.165) is 23.5 Å². The first kappa shape index (κ1) is 19.3. The second-order valence-corrected chi connectivity index (χ2v) is 8.10. The van der Waals surface area contributed by atoms with Crippen molar-refractivity contribution in [3.63, 3.8) is 0 Å². The minimum Gasteiger partial charge on any atom is -0.497 e. The van der Waals surface area contributed by atoms with Crippen LogP contribution in [0.4, 0.5) is 0 Å². The van der Waals surface area contributed by atoms with Gasteiger partial charge in [0.05, 0.1) is 7.11 Å². The van der Waals surface area contributed by atoms with Gasteiger partial charge >= 0.3 is 0 Å². The van der Waals surface area contributed by atoms with Crippen molar-refractivity contribution in [3.8, 4) is 5.75 Å². The second-order valence-electron chi connectivity index (χ2n) is 8.10. The van der Waals surface area contributed by atoms with E-state index >= 15 is 0 Å². The van der Waals surface area contributed by atoms with Crippen LogP contribution in [0.1, 0.15) is 83.6 Å². The second kappa shape index (κ2) is 10.8. The maximum absolute atomic E-state index is 5.24. The summed E-state index contributed by atoms with van der Waals surface area (Å²) in [5.41, 5.74) is 1.46. The lowest BCUT2D eigenvalue weighted by atomic mass is 9.77. The summed E-state index contributed by atoms with van der Waals surface area (Å²) in [4.78, 5) is 0. The molecular weight excluding hydrogens is 292 g/mol. The third-order valence-electron chi connectivity index (χ3n) is 6.06. The summed E-state index contributed by atoms with van der Waals surface area (Å²) in [5.74, 6) is 3.89. The van der Waals surface area contributed by atoms with E-state index in [9.17, 15) is 0 Å². The minimum absolute atomic E-state index is 0.941. The molecule has 1 aliphatic rings. The molecular formula is C23H38O. The number of hydrogen-bond acceptors (Lipinski definition) is 1. The average molecular weight is 331 g/mol. The molecule has 0 amide bonds. The fourth-order valence-corrected chi connectivity index (χ4v) is 4.36. The van der Waals surface area contributed by atoms with Gasteiger partial charge in [-0.2, -0.15) is 0 Å². The van der Waals surface area contributed by atoms with Gasteiger partial charge in [0.2, 0.25) is 0 Å². The van der Waals surface area contributed by atoms with E-state index in [0.29, 0.717) is 0 Å². The van der Waals surface area contributed by atoms with Crippen LogP contribution in [0.5, 0.6) is 5.75 Å². The molecule has 1 aromatic rings. The zero-order chi connectivity index (χ0) is 17.2. The molecule has 1 aliphatic carbocycles. The quantitative estimate of drug-likeness (QED) is 0.447. The highest BCUT2D eigenvalue weighted by molar-refractivity contribution is 5.27. The Hall–Kier alpha value is -0.980. The standard InChI is InChI=1S/C23H38O/c1-4-6-19(2)7-5-8-20-9-11-21(12-10-20)13-14-22-15-17-23(24-3)18-16-22/h15-21H,4-14H2,1-3H3. The van der Waals surface area contributed by atoms with Crippen molar-refractivity contribution in [1.29, 1.82) is 0 Å². The number of benzene rings is 1. The van der Waals surface area contributed by atoms with Crippen LogP contribution in [0.15, 0.2) is 24.3 Å². The molecule has 0 saturated heterocycles. The Morgan fingerprint density at radius 1 is 0.958 bits per heavy atom. The van der Waals surface area contributed by atoms with Crippen LogP contribution in [0.3, 0.4) is 0 Å². The first-order chi connectivity index (χ1) is 11.7. The van der Waals surface area contributed by atoms with E-state index in [1.165, 1.54) is 76.2 Å². The van der Waals surface area contributed by atoms with Crippen molar-refractivity contribution in [3.05, 3.63) is 29.8 Å².